The number of aromatic nitrogens is 1. The van der Waals surface area contributed by atoms with Crippen molar-refractivity contribution in [1.82, 2.24) is 4.57 Å². The molecule has 4 nitrogen and oxygen atoms in total. The second kappa shape index (κ2) is 3.98. The molecule has 0 radical (unpaired) electrons. The normalized spacial score (nSPS) is 9.77. The van der Waals surface area contributed by atoms with E-state index < -0.39 is 0 Å². The second-order valence-electron chi connectivity index (χ2n) is 2.64. The van der Waals surface area contributed by atoms with E-state index in [0.717, 1.165) is 12.2 Å². The molecule has 0 aliphatic rings. The van der Waals surface area contributed by atoms with E-state index in [0.29, 0.717) is 5.69 Å². The van der Waals surface area contributed by atoms with Crippen LogP contribution in [0, 0.1) is 0 Å². The van der Waals surface area contributed by atoms with Crippen LogP contribution in [0.5, 0.6) is 0 Å². The molecule has 1 aromatic rings. The topological polar surface area (TPSA) is 43.3 Å². The van der Waals surface area contributed by atoms with Crippen LogP contribution >= 0.6 is 0 Å². The van der Waals surface area contributed by atoms with Gasteiger partial charge in [0.25, 0.3) is 0 Å². The molecule has 0 atom stereocenters. The van der Waals surface area contributed by atoms with Crippen LogP contribution in [-0.4, -0.2) is 24.7 Å². The highest BCUT2D eigenvalue weighted by Crippen LogP contribution is 2.13. The van der Waals surface area contributed by atoms with E-state index in [1.54, 1.807) is 6.07 Å². The number of nitrogens with one attached hydrogen (secondary N) is 1. The van der Waals surface area contributed by atoms with Crippen molar-refractivity contribution in [2.45, 2.75) is 13.5 Å². The summed E-state index contributed by atoms with van der Waals surface area (Å²) < 4.78 is 6.49. The van der Waals surface area contributed by atoms with Gasteiger partial charge in [-0.25, -0.2) is 4.79 Å². The monoisotopic (exact) mass is 182 g/mol. The highest BCUT2D eigenvalue weighted by atomic mass is 16.5. The van der Waals surface area contributed by atoms with Gasteiger partial charge in [0.15, 0.2) is 0 Å². The SMILES string of the molecule is CCn1cc(NC)cc1C(=O)OC. The first-order chi connectivity index (χ1) is 6.22. The average Bonchev–Trinajstić information content (AvgIpc) is 2.59. The number of rotatable bonds is 3. The summed E-state index contributed by atoms with van der Waals surface area (Å²) in [7, 11) is 3.20. The van der Waals surface area contributed by atoms with E-state index in [1.807, 2.05) is 24.7 Å². The number of ether oxygens (including phenoxy) is 1. The van der Waals surface area contributed by atoms with E-state index in [1.165, 1.54) is 7.11 Å². The van der Waals surface area contributed by atoms with Crippen molar-refractivity contribution in [3.05, 3.63) is 18.0 Å². The molecule has 0 aromatic carbocycles. The van der Waals surface area contributed by atoms with Crippen LogP contribution in [0.2, 0.25) is 0 Å². The summed E-state index contributed by atoms with van der Waals surface area (Å²) in [4.78, 5) is 11.3. The zero-order valence-corrected chi connectivity index (χ0v) is 8.13. The smallest absolute Gasteiger partial charge is 0.354 e. The van der Waals surface area contributed by atoms with Crippen molar-refractivity contribution in [2.24, 2.45) is 0 Å². The summed E-state index contributed by atoms with van der Waals surface area (Å²) in [6, 6.07) is 1.77. The van der Waals surface area contributed by atoms with E-state index in [2.05, 4.69) is 10.1 Å². The second-order valence-corrected chi connectivity index (χ2v) is 2.64. The maximum absolute atomic E-state index is 11.3. The molecule has 72 valence electrons. The zero-order valence-electron chi connectivity index (χ0n) is 8.13. The van der Waals surface area contributed by atoms with Gasteiger partial charge in [-0.05, 0) is 13.0 Å². The number of nitrogens with zero attached hydrogens (tertiary/aromatic N) is 1. The molecule has 0 saturated heterocycles. The lowest BCUT2D eigenvalue weighted by Gasteiger charge is -2.02. The van der Waals surface area contributed by atoms with Crippen molar-refractivity contribution in [2.75, 3.05) is 19.5 Å². The summed E-state index contributed by atoms with van der Waals surface area (Å²) in [5.74, 6) is -0.302. The maximum atomic E-state index is 11.3. The van der Waals surface area contributed by atoms with Crippen molar-refractivity contribution < 1.29 is 9.53 Å². The summed E-state index contributed by atoms with van der Waals surface area (Å²) in [6.07, 6.45) is 1.88. The Morgan fingerprint density at radius 1 is 1.69 bits per heavy atom. The molecule has 4 heteroatoms. The summed E-state index contributed by atoms with van der Waals surface area (Å²) in [5.41, 5.74) is 1.50. The minimum absolute atomic E-state index is 0.302. The number of anilines is 1. The number of aryl methyl sites for hydroxylation is 1. The molecule has 0 bridgehead atoms. The number of esters is 1. The fourth-order valence-corrected chi connectivity index (χ4v) is 1.18. The first-order valence-corrected chi connectivity index (χ1v) is 4.19. The first kappa shape index (κ1) is 9.64. The molecular weight excluding hydrogens is 168 g/mol. The molecule has 1 N–H and O–H groups in total. The van der Waals surface area contributed by atoms with Crippen molar-refractivity contribution in [3.63, 3.8) is 0 Å². The lowest BCUT2D eigenvalue weighted by molar-refractivity contribution is 0.0588. The van der Waals surface area contributed by atoms with Crippen LogP contribution in [0.1, 0.15) is 17.4 Å². The first-order valence-electron chi connectivity index (χ1n) is 4.19. The Morgan fingerprint density at radius 3 is 2.85 bits per heavy atom. The largest absolute Gasteiger partial charge is 0.464 e. The molecule has 0 amide bonds. The highest BCUT2D eigenvalue weighted by Gasteiger charge is 2.11. The van der Waals surface area contributed by atoms with Gasteiger partial charge in [0.2, 0.25) is 0 Å². The van der Waals surface area contributed by atoms with Gasteiger partial charge in [-0.15, -0.1) is 0 Å². The molecule has 0 saturated carbocycles. The Morgan fingerprint density at radius 2 is 2.38 bits per heavy atom. The van der Waals surface area contributed by atoms with Crippen LogP contribution in [-0.2, 0) is 11.3 Å². The Labute approximate surface area is 77.5 Å². The van der Waals surface area contributed by atoms with Crippen LogP contribution < -0.4 is 5.32 Å². The predicted molar refractivity (Wildman–Crippen MR) is 51.0 cm³/mol. The van der Waals surface area contributed by atoms with Gasteiger partial charge >= 0.3 is 5.97 Å². The van der Waals surface area contributed by atoms with Gasteiger partial charge < -0.3 is 14.6 Å². The Kier molecular flexibility index (Phi) is 2.95. The van der Waals surface area contributed by atoms with Gasteiger partial charge in [0.05, 0.1) is 12.8 Å². The molecule has 0 spiro atoms. The minimum Gasteiger partial charge on any atom is -0.464 e. The quantitative estimate of drug-likeness (QED) is 0.717. The number of hydrogen-bond donors (Lipinski definition) is 1. The fraction of sp³-hybridized carbons (Fsp3) is 0.444. The van der Waals surface area contributed by atoms with Gasteiger partial charge in [0, 0.05) is 19.8 Å². The molecule has 1 heterocycles. The van der Waals surface area contributed by atoms with Crippen LogP contribution in [0.25, 0.3) is 0 Å². The molecule has 0 fully saturated rings. The van der Waals surface area contributed by atoms with Crippen molar-refractivity contribution in [1.29, 1.82) is 0 Å². The summed E-state index contributed by atoms with van der Waals surface area (Å²) >= 11 is 0. The van der Waals surface area contributed by atoms with Crippen molar-refractivity contribution >= 4 is 11.7 Å². The number of hydrogen-bond acceptors (Lipinski definition) is 3. The third-order valence-corrected chi connectivity index (χ3v) is 1.92. The van der Waals surface area contributed by atoms with Gasteiger partial charge in [-0.1, -0.05) is 0 Å². The third-order valence-electron chi connectivity index (χ3n) is 1.92. The molecule has 13 heavy (non-hydrogen) atoms. The van der Waals surface area contributed by atoms with Gasteiger partial charge in [0.1, 0.15) is 5.69 Å². The van der Waals surface area contributed by atoms with Crippen LogP contribution in [0.3, 0.4) is 0 Å². The molecular formula is C9H14N2O2. The van der Waals surface area contributed by atoms with Crippen LogP contribution in [0.15, 0.2) is 12.3 Å². The molecule has 0 aliphatic carbocycles. The van der Waals surface area contributed by atoms with Gasteiger partial charge in [-0.2, -0.15) is 0 Å². The number of methoxy groups -OCH3 is 1. The van der Waals surface area contributed by atoms with Crippen LogP contribution in [0.4, 0.5) is 5.69 Å². The minimum atomic E-state index is -0.302. The molecule has 1 aromatic heterocycles. The van der Waals surface area contributed by atoms with Gasteiger partial charge in [-0.3, -0.25) is 0 Å². The summed E-state index contributed by atoms with van der Waals surface area (Å²) in [5, 5.41) is 2.97. The van der Waals surface area contributed by atoms with E-state index in [4.69, 9.17) is 0 Å². The molecule has 1 rings (SSSR count). The lowest BCUT2D eigenvalue weighted by atomic mass is 10.4. The van der Waals surface area contributed by atoms with Crippen molar-refractivity contribution in [3.8, 4) is 0 Å². The average molecular weight is 182 g/mol. The number of carbonyl (C=O) groups excluding carboxylic acids is 1. The molecule has 0 aliphatic heterocycles. The fourth-order valence-electron chi connectivity index (χ4n) is 1.18. The third kappa shape index (κ3) is 1.83. The highest BCUT2D eigenvalue weighted by molar-refractivity contribution is 5.89. The maximum Gasteiger partial charge on any atom is 0.354 e. The Hall–Kier alpha value is -1.45. The van der Waals surface area contributed by atoms with E-state index in [9.17, 15) is 4.79 Å². The van der Waals surface area contributed by atoms with E-state index in [-0.39, 0.29) is 5.97 Å². The zero-order chi connectivity index (χ0) is 9.84. The predicted octanol–water partition coefficient (Wildman–Crippen LogP) is 1.34. The Bertz CT molecular complexity index is 305. The lowest BCUT2D eigenvalue weighted by Crippen LogP contribution is -2.08. The number of carbonyl (C=O) groups is 1. The summed E-state index contributed by atoms with van der Waals surface area (Å²) in [6.45, 7) is 2.73. The Balaban J connectivity index is 3.03. The van der Waals surface area contributed by atoms with E-state index >= 15 is 0 Å². The molecule has 0 unspecified atom stereocenters. The standard InChI is InChI=1S/C9H14N2O2/c1-4-11-6-7(10-2)5-8(11)9(12)13-3/h5-6,10H,4H2,1-3H3.